The summed E-state index contributed by atoms with van der Waals surface area (Å²) in [6.07, 6.45) is 0.0269. The van der Waals surface area contributed by atoms with Gasteiger partial charge in [-0.05, 0) is 53.6 Å². The molecule has 0 heterocycles. The molecule has 0 saturated carbocycles. The van der Waals surface area contributed by atoms with Crippen molar-refractivity contribution < 1.29 is 22.8 Å². The Morgan fingerprint density at radius 3 is 2.17 bits per heavy atom. The lowest BCUT2D eigenvalue weighted by atomic mass is 10.0. The standard InChI is InChI=1S/C22H15BrF3NO2/c23-15-3-1-13(2-4-15)9-18(28)11-14-10-16(24)6-8-21(14)27-22(29)19-7-5-17(25)12-20(19)26/h1-8,10,12H,9,11H2,(H,27,29). The zero-order valence-electron chi connectivity index (χ0n) is 15.0. The van der Waals surface area contributed by atoms with E-state index in [0.717, 1.165) is 34.3 Å². The fourth-order valence-corrected chi connectivity index (χ4v) is 3.06. The Balaban J connectivity index is 1.77. The Morgan fingerprint density at radius 1 is 0.828 bits per heavy atom. The Kier molecular flexibility index (Phi) is 6.49. The van der Waals surface area contributed by atoms with Crippen LogP contribution in [0.3, 0.4) is 0 Å². The highest BCUT2D eigenvalue weighted by Crippen LogP contribution is 2.21. The van der Waals surface area contributed by atoms with Crippen molar-refractivity contribution in [2.45, 2.75) is 12.8 Å². The van der Waals surface area contributed by atoms with Crippen LogP contribution in [0.15, 0.2) is 65.1 Å². The van der Waals surface area contributed by atoms with Gasteiger partial charge in [0, 0.05) is 29.1 Å². The molecular weight excluding hydrogens is 447 g/mol. The van der Waals surface area contributed by atoms with E-state index in [1.807, 2.05) is 12.1 Å². The quantitative estimate of drug-likeness (QED) is 0.528. The lowest BCUT2D eigenvalue weighted by molar-refractivity contribution is -0.117. The summed E-state index contributed by atoms with van der Waals surface area (Å²) < 4.78 is 41.5. The first-order valence-electron chi connectivity index (χ1n) is 8.63. The SMILES string of the molecule is O=C(Cc1ccc(Br)cc1)Cc1cc(F)ccc1NC(=O)c1ccc(F)cc1F. The normalized spacial score (nSPS) is 10.6. The molecule has 0 unspecified atom stereocenters. The number of amides is 1. The molecule has 3 rings (SSSR count). The minimum absolute atomic E-state index is 0.116. The van der Waals surface area contributed by atoms with Crippen LogP contribution < -0.4 is 5.32 Å². The summed E-state index contributed by atoms with van der Waals surface area (Å²) in [7, 11) is 0. The topological polar surface area (TPSA) is 46.2 Å². The predicted octanol–water partition coefficient (Wildman–Crippen LogP) is 5.47. The van der Waals surface area contributed by atoms with Crippen LogP contribution in [-0.4, -0.2) is 11.7 Å². The molecule has 0 fully saturated rings. The van der Waals surface area contributed by atoms with Crippen LogP contribution in [0.1, 0.15) is 21.5 Å². The third-order valence-electron chi connectivity index (χ3n) is 4.19. The Labute approximate surface area is 173 Å². The van der Waals surface area contributed by atoms with Crippen molar-refractivity contribution in [2.75, 3.05) is 5.32 Å². The number of ketones is 1. The van der Waals surface area contributed by atoms with Crippen molar-refractivity contribution in [1.82, 2.24) is 0 Å². The molecule has 0 aliphatic rings. The third kappa shape index (κ3) is 5.54. The molecule has 0 radical (unpaired) electrons. The highest BCUT2D eigenvalue weighted by molar-refractivity contribution is 9.10. The number of anilines is 1. The molecule has 1 N–H and O–H groups in total. The lowest BCUT2D eigenvalue weighted by Gasteiger charge is -2.12. The van der Waals surface area contributed by atoms with Gasteiger partial charge in [-0.15, -0.1) is 0 Å². The summed E-state index contributed by atoms with van der Waals surface area (Å²) in [5.74, 6) is -3.39. The number of halogens is 4. The highest BCUT2D eigenvalue weighted by atomic mass is 79.9. The van der Waals surface area contributed by atoms with Gasteiger partial charge in [0.25, 0.3) is 5.91 Å². The molecule has 0 bridgehead atoms. The van der Waals surface area contributed by atoms with Gasteiger partial charge in [0.2, 0.25) is 0 Å². The molecule has 0 aliphatic heterocycles. The molecule has 3 nitrogen and oxygen atoms in total. The van der Waals surface area contributed by atoms with Crippen molar-refractivity contribution >= 4 is 33.3 Å². The number of rotatable bonds is 6. The first kappa shape index (κ1) is 20.8. The van der Waals surface area contributed by atoms with E-state index in [1.54, 1.807) is 12.1 Å². The fourth-order valence-electron chi connectivity index (χ4n) is 2.80. The van der Waals surface area contributed by atoms with Crippen molar-refractivity contribution in [3.05, 3.63) is 99.3 Å². The molecule has 0 atom stereocenters. The van der Waals surface area contributed by atoms with Crippen LogP contribution in [-0.2, 0) is 17.6 Å². The summed E-state index contributed by atoms with van der Waals surface area (Å²) in [6, 6.07) is 13.4. The van der Waals surface area contributed by atoms with Crippen molar-refractivity contribution in [3.8, 4) is 0 Å². The molecule has 3 aromatic rings. The number of carbonyl (C=O) groups excluding carboxylic acids is 2. The summed E-state index contributed by atoms with van der Waals surface area (Å²) in [5, 5.41) is 2.46. The van der Waals surface area contributed by atoms with Crippen LogP contribution in [0.5, 0.6) is 0 Å². The number of Topliss-reactive ketones (excluding diaryl/α,β-unsaturated/α-hetero) is 1. The van der Waals surface area contributed by atoms with Gasteiger partial charge in [-0.1, -0.05) is 28.1 Å². The predicted molar refractivity (Wildman–Crippen MR) is 107 cm³/mol. The first-order chi connectivity index (χ1) is 13.8. The van der Waals surface area contributed by atoms with E-state index in [-0.39, 0.29) is 35.4 Å². The van der Waals surface area contributed by atoms with Crippen molar-refractivity contribution in [3.63, 3.8) is 0 Å². The van der Waals surface area contributed by atoms with E-state index in [1.165, 1.54) is 6.07 Å². The smallest absolute Gasteiger partial charge is 0.258 e. The number of benzene rings is 3. The van der Waals surface area contributed by atoms with Crippen molar-refractivity contribution in [2.24, 2.45) is 0 Å². The zero-order valence-corrected chi connectivity index (χ0v) is 16.6. The second-order valence-electron chi connectivity index (χ2n) is 6.40. The highest BCUT2D eigenvalue weighted by Gasteiger charge is 2.16. The number of hydrogen-bond acceptors (Lipinski definition) is 2. The minimum atomic E-state index is -1.02. The average molecular weight is 462 g/mol. The molecule has 3 aromatic carbocycles. The molecule has 29 heavy (non-hydrogen) atoms. The van der Waals surface area contributed by atoms with Crippen LogP contribution in [0.4, 0.5) is 18.9 Å². The van der Waals surface area contributed by atoms with Gasteiger partial charge in [0.05, 0.1) is 5.56 Å². The van der Waals surface area contributed by atoms with Gasteiger partial charge in [-0.3, -0.25) is 9.59 Å². The van der Waals surface area contributed by atoms with Crippen LogP contribution >= 0.6 is 15.9 Å². The second kappa shape index (κ2) is 9.05. The zero-order chi connectivity index (χ0) is 21.0. The van der Waals surface area contributed by atoms with Gasteiger partial charge in [0.15, 0.2) is 0 Å². The molecule has 7 heteroatoms. The van der Waals surface area contributed by atoms with Gasteiger partial charge >= 0.3 is 0 Å². The van der Waals surface area contributed by atoms with Crippen LogP contribution in [0.2, 0.25) is 0 Å². The maximum atomic E-state index is 13.8. The van der Waals surface area contributed by atoms with E-state index in [9.17, 15) is 22.8 Å². The summed E-state index contributed by atoms with van der Waals surface area (Å²) >= 11 is 3.32. The minimum Gasteiger partial charge on any atom is -0.322 e. The average Bonchev–Trinajstić information content (AvgIpc) is 2.65. The Morgan fingerprint density at radius 2 is 1.48 bits per heavy atom. The molecular formula is C22H15BrF3NO2. The summed E-state index contributed by atoms with van der Waals surface area (Å²) in [6.45, 7) is 0. The molecule has 0 aromatic heterocycles. The summed E-state index contributed by atoms with van der Waals surface area (Å²) in [4.78, 5) is 24.8. The first-order valence-corrected chi connectivity index (χ1v) is 9.42. The van der Waals surface area contributed by atoms with Gasteiger partial charge in [0.1, 0.15) is 23.2 Å². The van der Waals surface area contributed by atoms with Crippen LogP contribution in [0.25, 0.3) is 0 Å². The Bertz CT molecular complexity index is 1070. The molecule has 1 amide bonds. The van der Waals surface area contributed by atoms with E-state index in [2.05, 4.69) is 21.2 Å². The molecule has 0 saturated heterocycles. The van der Waals surface area contributed by atoms with E-state index in [0.29, 0.717) is 6.07 Å². The van der Waals surface area contributed by atoms with E-state index < -0.39 is 23.4 Å². The molecule has 0 aliphatic carbocycles. The largest absolute Gasteiger partial charge is 0.322 e. The Hall–Kier alpha value is -2.93. The summed E-state index contributed by atoms with van der Waals surface area (Å²) in [5.41, 5.74) is 0.892. The number of hydrogen-bond donors (Lipinski definition) is 1. The van der Waals surface area contributed by atoms with E-state index in [4.69, 9.17) is 0 Å². The van der Waals surface area contributed by atoms with Crippen LogP contribution in [0, 0.1) is 17.5 Å². The fraction of sp³-hybridized carbons (Fsp3) is 0.0909. The number of nitrogens with one attached hydrogen (secondary N) is 1. The van der Waals surface area contributed by atoms with Gasteiger partial charge < -0.3 is 5.32 Å². The maximum absolute atomic E-state index is 13.8. The lowest BCUT2D eigenvalue weighted by Crippen LogP contribution is -2.16. The van der Waals surface area contributed by atoms with Gasteiger partial charge in [-0.2, -0.15) is 0 Å². The monoisotopic (exact) mass is 461 g/mol. The number of carbonyl (C=O) groups is 2. The third-order valence-corrected chi connectivity index (χ3v) is 4.72. The second-order valence-corrected chi connectivity index (χ2v) is 7.31. The molecule has 0 spiro atoms. The van der Waals surface area contributed by atoms with Gasteiger partial charge in [-0.25, -0.2) is 13.2 Å². The van der Waals surface area contributed by atoms with E-state index >= 15 is 0 Å². The maximum Gasteiger partial charge on any atom is 0.258 e. The molecule has 148 valence electrons. The van der Waals surface area contributed by atoms with Crippen molar-refractivity contribution in [1.29, 1.82) is 0 Å².